The van der Waals surface area contributed by atoms with Gasteiger partial charge in [-0.15, -0.1) is 0 Å². The minimum atomic E-state index is -0.214. The number of hydrogen-bond donors (Lipinski definition) is 2. The molecule has 0 amide bonds. The molecule has 0 aliphatic carbocycles. The van der Waals surface area contributed by atoms with Crippen molar-refractivity contribution >= 4 is 0 Å². The smallest absolute Gasteiger partial charge is 0 e. The van der Waals surface area contributed by atoms with Gasteiger partial charge in [0.25, 0.3) is 0 Å². The normalized spacial score (nSPS) is 9.48. The van der Waals surface area contributed by atoms with Crippen LogP contribution in [-0.2, 0) is 47.1 Å². The largest absolute Gasteiger partial charge is 0 e. The molecule has 1 aromatic carbocycles. The molecule has 0 aromatic heterocycles. The molecule has 27 heavy (non-hydrogen) atoms. The van der Waals surface area contributed by atoms with Gasteiger partial charge in [-0.2, -0.15) is 0 Å². The van der Waals surface area contributed by atoms with Gasteiger partial charge < -0.3 is 19.7 Å². The number of ether oxygens (including phenoxy) is 2. The van der Waals surface area contributed by atoms with Gasteiger partial charge >= 0.3 is 33.9 Å². The molecule has 0 bridgehead atoms. The Balaban J connectivity index is -0.000000342. The molecule has 0 aliphatic rings. The van der Waals surface area contributed by atoms with Crippen molar-refractivity contribution in [3.63, 3.8) is 0 Å². The minimum absolute atomic E-state index is 0. The fourth-order valence-corrected chi connectivity index (χ4v) is 1.56. The van der Waals surface area contributed by atoms with Gasteiger partial charge in [0, 0.05) is 23.7 Å². The van der Waals surface area contributed by atoms with Crippen LogP contribution in [0.5, 0.6) is 0 Å². The van der Waals surface area contributed by atoms with Crippen LogP contribution in [0.4, 0.5) is 0 Å². The Bertz CT molecular complexity index is 420. The van der Waals surface area contributed by atoms with E-state index in [1.54, 1.807) is 19.3 Å². The molecule has 0 saturated heterocycles. The first kappa shape index (κ1) is 33.4. The Morgan fingerprint density at radius 1 is 0.963 bits per heavy atom. The van der Waals surface area contributed by atoms with Gasteiger partial charge in [-0.05, 0) is 31.2 Å². The molecule has 1 rings (SSSR count). The first-order valence-electron chi connectivity index (χ1n) is 7.26. The summed E-state index contributed by atoms with van der Waals surface area (Å²) < 4.78 is 33.6. The fraction of sp³-hybridized carbons (Fsp3) is 0.316. The van der Waals surface area contributed by atoms with E-state index in [0.717, 1.165) is 5.56 Å². The summed E-state index contributed by atoms with van der Waals surface area (Å²) in [5, 5.41) is 17.4. The fourth-order valence-electron chi connectivity index (χ4n) is 1.56. The number of aliphatic hydroxyl groups excluding tert-OH is 2. The third kappa shape index (κ3) is 24.8. The van der Waals surface area contributed by atoms with E-state index in [1.807, 2.05) is 36.8 Å². The van der Waals surface area contributed by atoms with Crippen LogP contribution in [0.25, 0.3) is 0 Å². The molecule has 4 radical (unpaired) electrons. The van der Waals surface area contributed by atoms with E-state index in [9.17, 15) is 0 Å². The van der Waals surface area contributed by atoms with Crippen LogP contribution in [0.3, 0.4) is 0 Å². The Labute approximate surface area is 171 Å². The average molecular weight is 418 g/mol. The summed E-state index contributed by atoms with van der Waals surface area (Å²) in [6.45, 7) is 14.7. The molecule has 0 heterocycles. The third-order valence-corrected chi connectivity index (χ3v) is 2.50. The minimum Gasteiger partial charge on any atom is 0 e. The summed E-state index contributed by atoms with van der Waals surface area (Å²) in [5.41, 5.74) is 1.11. The molecule has 8 heteroatoms. The quantitative estimate of drug-likeness (QED) is 0.230. The first-order chi connectivity index (χ1) is 12.9. The molecule has 7 nitrogen and oxygen atoms in total. The summed E-state index contributed by atoms with van der Waals surface area (Å²) in [5.74, 6) is 0. The van der Waals surface area contributed by atoms with Crippen molar-refractivity contribution in [2.24, 2.45) is 0 Å². The van der Waals surface area contributed by atoms with Crippen LogP contribution < -0.4 is 0 Å². The molecule has 2 N–H and O–H groups in total. The van der Waals surface area contributed by atoms with Crippen LogP contribution in [-0.4, -0.2) is 42.7 Å². The molecule has 148 valence electrons. The molecule has 0 saturated carbocycles. The second kappa shape index (κ2) is 32.5. The van der Waals surface area contributed by atoms with E-state index in [1.165, 1.54) is 0 Å². The van der Waals surface area contributed by atoms with Gasteiger partial charge in [0.15, 0.2) is 0 Å². The summed E-state index contributed by atoms with van der Waals surface area (Å²) in [6, 6.07) is 9.91. The van der Waals surface area contributed by atoms with E-state index in [4.69, 9.17) is 33.6 Å². The van der Waals surface area contributed by atoms with E-state index in [0.29, 0.717) is 13.2 Å². The van der Waals surface area contributed by atoms with Gasteiger partial charge in [-0.25, -0.2) is 0 Å². The summed E-state index contributed by atoms with van der Waals surface area (Å²) in [7, 11) is 0. The van der Waals surface area contributed by atoms with Gasteiger partial charge in [-0.1, -0.05) is 30.3 Å². The number of hydrogen-bond acceptors (Lipinski definition) is 4. The maximum Gasteiger partial charge on any atom is 0 e. The molecule has 0 spiro atoms. The summed E-state index contributed by atoms with van der Waals surface area (Å²) in [6.07, 6.45) is 6.79. The van der Waals surface area contributed by atoms with Crippen molar-refractivity contribution in [1.29, 1.82) is 0 Å². The van der Waals surface area contributed by atoms with Crippen molar-refractivity contribution in [2.45, 2.75) is 12.7 Å². The average Bonchev–Trinajstić information content (AvgIpc) is 2.74. The zero-order valence-electron chi connectivity index (χ0n) is 14.6. The second-order valence-corrected chi connectivity index (χ2v) is 4.13. The van der Waals surface area contributed by atoms with Crippen molar-refractivity contribution in [3.8, 4) is 0 Å². The Kier molecular flexibility index (Phi) is 40.2. The molecular formula is C19H22FeO7. The third-order valence-electron chi connectivity index (χ3n) is 2.50. The SMILES string of the molecule is OC[CH][CH][CH][CH][C@H](COCc1ccccc1)OCCO.[C-]#[O+].[C-]#[O+].[C-]#[O+].[Fe]. The van der Waals surface area contributed by atoms with E-state index in [2.05, 4.69) is 20.0 Å². The molecule has 1 atom stereocenters. The van der Waals surface area contributed by atoms with Crippen LogP contribution in [0.2, 0.25) is 0 Å². The zero-order valence-corrected chi connectivity index (χ0v) is 15.7. The maximum absolute atomic E-state index is 8.79. The van der Waals surface area contributed by atoms with Gasteiger partial charge in [-0.3, -0.25) is 0 Å². The van der Waals surface area contributed by atoms with Crippen LogP contribution in [0.1, 0.15) is 5.56 Å². The predicted octanol–water partition coefficient (Wildman–Crippen LogP) is 1.28. The van der Waals surface area contributed by atoms with Crippen LogP contribution in [0, 0.1) is 45.6 Å². The molecule has 1 aromatic rings. The molecular weight excluding hydrogens is 396 g/mol. The Morgan fingerprint density at radius 3 is 2.07 bits per heavy atom. The predicted molar refractivity (Wildman–Crippen MR) is 89.0 cm³/mol. The van der Waals surface area contributed by atoms with Gasteiger partial charge in [0.05, 0.1) is 32.5 Å². The topological polar surface area (TPSA) is 119 Å². The first-order valence-corrected chi connectivity index (χ1v) is 7.26. The van der Waals surface area contributed by atoms with Gasteiger partial charge in [0.1, 0.15) is 0 Å². The number of rotatable bonds is 12. The van der Waals surface area contributed by atoms with Crippen LogP contribution in [0.15, 0.2) is 30.3 Å². The Hall–Kier alpha value is -1.20. The Morgan fingerprint density at radius 2 is 1.56 bits per heavy atom. The number of aliphatic hydroxyl groups is 2. The monoisotopic (exact) mass is 418 g/mol. The zero-order chi connectivity index (χ0) is 20.5. The second-order valence-electron chi connectivity index (χ2n) is 4.13. The van der Waals surface area contributed by atoms with E-state index >= 15 is 0 Å². The molecule has 0 fully saturated rings. The standard InChI is InChI=1S/C16H22O4.3CO.Fe/c17-10-6-2-5-9-16(20-12-11-18)14-19-13-15-7-3-1-4-8-15;3*1-2;/h1-9,16-18H,10-14H2;;;;/t16-;;;;/m1..../s1. The van der Waals surface area contributed by atoms with Crippen molar-refractivity contribution in [2.75, 3.05) is 26.4 Å². The van der Waals surface area contributed by atoms with Crippen molar-refractivity contribution in [1.82, 2.24) is 0 Å². The number of benzene rings is 1. The van der Waals surface area contributed by atoms with Gasteiger partial charge in [0.2, 0.25) is 0 Å². The maximum atomic E-state index is 8.79. The molecule has 0 unspecified atom stereocenters. The van der Waals surface area contributed by atoms with Crippen molar-refractivity contribution in [3.05, 3.63) is 81.5 Å². The molecule has 0 aliphatic heterocycles. The van der Waals surface area contributed by atoms with E-state index < -0.39 is 0 Å². The van der Waals surface area contributed by atoms with E-state index in [-0.39, 0.29) is 43.0 Å². The van der Waals surface area contributed by atoms with Crippen molar-refractivity contribution < 1.29 is 50.7 Å². The number of unbranched alkanes of at least 4 members (excludes halogenated alkanes) is 2. The summed E-state index contributed by atoms with van der Waals surface area (Å²) >= 11 is 0. The van der Waals surface area contributed by atoms with Crippen LogP contribution >= 0.6 is 0 Å². The summed E-state index contributed by atoms with van der Waals surface area (Å²) in [4.78, 5) is 0.